The normalized spacial score (nSPS) is 17.4. The Labute approximate surface area is 84.0 Å². The zero-order valence-corrected chi connectivity index (χ0v) is 8.47. The molecule has 1 rings (SSSR count). The highest BCUT2D eigenvalue weighted by Crippen LogP contribution is 2.21. The smallest absolute Gasteiger partial charge is 0.186 e. The third-order valence-corrected chi connectivity index (χ3v) is 1.99. The third-order valence-electron chi connectivity index (χ3n) is 1.99. The van der Waals surface area contributed by atoms with Crippen molar-refractivity contribution in [3.05, 3.63) is 35.9 Å². The van der Waals surface area contributed by atoms with Gasteiger partial charge in [-0.15, -0.1) is 0 Å². The molecule has 0 saturated heterocycles. The first kappa shape index (κ1) is 11.2. The molecule has 2 N–H and O–H groups in total. The summed E-state index contributed by atoms with van der Waals surface area (Å²) in [5.41, 5.74) is 0.973. The van der Waals surface area contributed by atoms with Crippen LogP contribution in [-0.2, 0) is 4.74 Å². The van der Waals surface area contributed by atoms with Gasteiger partial charge >= 0.3 is 0 Å². The topological polar surface area (TPSA) is 49.7 Å². The van der Waals surface area contributed by atoms with Crippen molar-refractivity contribution in [2.24, 2.45) is 0 Å². The van der Waals surface area contributed by atoms with E-state index in [-0.39, 0.29) is 6.10 Å². The van der Waals surface area contributed by atoms with Crippen molar-refractivity contribution in [1.29, 1.82) is 0 Å². The maximum absolute atomic E-state index is 9.48. The average molecular weight is 196 g/mol. The quantitative estimate of drug-likeness (QED) is 0.717. The molecule has 0 bridgehead atoms. The van der Waals surface area contributed by atoms with Crippen molar-refractivity contribution in [3.63, 3.8) is 0 Å². The summed E-state index contributed by atoms with van der Waals surface area (Å²) in [7, 11) is 0. The monoisotopic (exact) mass is 196 g/mol. The van der Waals surface area contributed by atoms with Gasteiger partial charge < -0.3 is 14.9 Å². The van der Waals surface area contributed by atoms with Crippen molar-refractivity contribution in [2.75, 3.05) is 6.61 Å². The SMILES string of the molecule is CC(OC(C)(O)CO)c1ccccc1. The van der Waals surface area contributed by atoms with Crippen molar-refractivity contribution >= 4 is 0 Å². The Bertz CT molecular complexity index is 269. The fourth-order valence-corrected chi connectivity index (χ4v) is 1.21. The Balaban J connectivity index is 2.64. The molecule has 0 aromatic heterocycles. The Morgan fingerprint density at radius 2 is 1.93 bits per heavy atom. The van der Waals surface area contributed by atoms with Gasteiger partial charge in [-0.05, 0) is 19.4 Å². The van der Waals surface area contributed by atoms with Gasteiger partial charge in [0.2, 0.25) is 0 Å². The van der Waals surface area contributed by atoms with Crippen LogP contribution >= 0.6 is 0 Å². The Morgan fingerprint density at radius 3 is 2.43 bits per heavy atom. The number of rotatable bonds is 4. The van der Waals surface area contributed by atoms with Crippen LogP contribution in [0.15, 0.2) is 30.3 Å². The summed E-state index contributed by atoms with van der Waals surface area (Å²) in [6.07, 6.45) is -0.238. The van der Waals surface area contributed by atoms with Gasteiger partial charge in [-0.1, -0.05) is 30.3 Å². The van der Waals surface area contributed by atoms with Gasteiger partial charge in [0.25, 0.3) is 0 Å². The van der Waals surface area contributed by atoms with Gasteiger partial charge in [0, 0.05) is 0 Å². The minimum absolute atomic E-state index is 0.238. The van der Waals surface area contributed by atoms with Crippen LogP contribution in [0.3, 0.4) is 0 Å². The molecule has 0 fully saturated rings. The summed E-state index contributed by atoms with van der Waals surface area (Å²) in [5, 5.41) is 18.3. The molecule has 0 aliphatic carbocycles. The lowest BCUT2D eigenvalue weighted by molar-refractivity contribution is -0.234. The lowest BCUT2D eigenvalue weighted by Gasteiger charge is -2.25. The van der Waals surface area contributed by atoms with E-state index in [0.29, 0.717) is 0 Å². The maximum Gasteiger partial charge on any atom is 0.186 e. The first-order chi connectivity index (χ1) is 6.55. The van der Waals surface area contributed by atoms with Crippen LogP contribution < -0.4 is 0 Å². The van der Waals surface area contributed by atoms with Crippen LogP contribution in [-0.4, -0.2) is 22.6 Å². The van der Waals surface area contributed by atoms with Gasteiger partial charge in [-0.25, -0.2) is 0 Å². The van der Waals surface area contributed by atoms with Crippen LogP contribution in [0.1, 0.15) is 25.5 Å². The molecule has 0 amide bonds. The second-order valence-electron chi connectivity index (χ2n) is 3.50. The molecule has 0 saturated carbocycles. The average Bonchev–Trinajstić information content (AvgIpc) is 2.19. The molecule has 14 heavy (non-hydrogen) atoms. The molecule has 0 radical (unpaired) electrons. The van der Waals surface area contributed by atoms with E-state index in [1.165, 1.54) is 6.92 Å². The van der Waals surface area contributed by atoms with E-state index in [2.05, 4.69) is 0 Å². The van der Waals surface area contributed by atoms with Gasteiger partial charge in [-0.2, -0.15) is 0 Å². The van der Waals surface area contributed by atoms with Gasteiger partial charge in [-0.3, -0.25) is 0 Å². The fourth-order valence-electron chi connectivity index (χ4n) is 1.21. The zero-order valence-electron chi connectivity index (χ0n) is 8.47. The van der Waals surface area contributed by atoms with Crippen LogP contribution in [0.2, 0.25) is 0 Å². The highest BCUT2D eigenvalue weighted by molar-refractivity contribution is 5.16. The zero-order chi connectivity index (χ0) is 10.6. The molecule has 0 aliphatic rings. The number of aliphatic hydroxyl groups excluding tert-OH is 1. The summed E-state index contributed by atoms with van der Waals surface area (Å²) >= 11 is 0. The highest BCUT2D eigenvalue weighted by Gasteiger charge is 2.23. The summed E-state index contributed by atoms with van der Waals surface area (Å²) in [4.78, 5) is 0. The van der Waals surface area contributed by atoms with Gasteiger partial charge in [0.15, 0.2) is 5.79 Å². The lowest BCUT2D eigenvalue weighted by atomic mass is 10.1. The number of hydrogen-bond donors (Lipinski definition) is 2. The number of ether oxygens (including phenoxy) is 1. The highest BCUT2D eigenvalue weighted by atomic mass is 16.6. The molecule has 1 aromatic carbocycles. The van der Waals surface area contributed by atoms with Gasteiger partial charge in [0.1, 0.15) is 0 Å². The summed E-state index contributed by atoms with van der Waals surface area (Å²) < 4.78 is 5.28. The first-order valence-corrected chi connectivity index (χ1v) is 4.61. The maximum atomic E-state index is 9.48. The number of benzene rings is 1. The van der Waals surface area contributed by atoms with Crippen molar-refractivity contribution in [2.45, 2.75) is 25.7 Å². The van der Waals surface area contributed by atoms with E-state index in [0.717, 1.165) is 5.56 Å². The lowest BCUT2D eigenvalue weighted by Crippen LogP contribution is -2.33. The van der Waals surface area contributed by atoms with Crippen LogP contribution in [0.25, 0.3) is 0 Å². The second kappa shape index (κ2) is 4.55. The second-order valence-corrected chi connectivity index (χ2v) is 3.50. The fraction of sp³-hybridized carbons (Fsp3) is 0.455. The number of hydrogen-bond acceptors (Lipinski definition) is 3. The predicted octanol–water partition coefficient (Wildman–Crippen LogP) is 1.46. The van der Waals surface area contributed by atoms with E-state index >= 15 is 0 Å². The third kappa shape index (κ3) is 3.10. The van der Waals surface area contributed by atoms with Crippen LogP contribution in [0.4, 0.5) is 0 Å². The van der Waals surface area contributed by atoms with Crippen molar-refractivity contribution in [3.8, 4) is 0 Å². The predicted molar refractivity (Wildman–Crippen MR) is 53.7 cm³/mol. The molecule has 78 valence electrons. The summed E-state index contributed by atoms with van der Waals surface area (Å²) in [6, 6.07) is 9.56. The van der Waals surface area contributed by atoms with E-state index in [4.69, 9.17) is 9.84 Å². The molecule has 0 heterocycles. The van der Waals surface area contributed by atoms with E-state index in [1.54, 1.807) is 0 Å². The molecular formula is C11H16O3. The molecular weight excluding hydrogens is 180 g/mol. The summed E-state index contributed by atoms with van der Waals surface area (Å²) in [5.74, 6) is -1.48. The van der Waals surface area contributed by atoms with Crippen LogP contribution in [0.5, 0.6) is 0 Å². The van der Waals surface area contributed by atoms with E-state index in [1.807, 2.05) is 37.3 Å². The van der Waals surface area contributed by atoms with Gasteiger partial charge in [0.05, 0.1) is 12.7 Å². The van der Waals surface area contributed by atoms with Crippen molar-refractivity contribution < 1.29 is 14.9 Å². The largest absolute Gasteiger partial charge is 0.391 e. The Morgan fingerprint density at radius 1 is 1.36 bits per heavy atom. The molecule has 2 atom stereocenters. The first-order valence-electron chi connectivity index (χ1n) is 4.61. The van der Waals surface area contributed by atoms with E-state index < -0.39 is 12.4 Å². The minimum atomic E-state index is -1.48. The molecule has 2 unspecified atom stereocenters. The molecule has 0 spiro atoms. The molecule has 3 heteroatoms. The number of aliphatic hydroxyl groups is 2. The van der Waals surface area contributed by atoms with Crippen LogP contribution in [0, 0.1) is 0 Å². The molecule has 3 nitrogen and oxygen atoms in total. The minimum Gasteiger partial charge on any atom is -0.391 e. The Kier molecular flexibility index (Phi) is 3.63. The standard InChI is InChI=1S/C11H16O3/c1-9(14-11(2,13)8-12)10-6-4-3-5-7-10/h3-7,9,12-13H,8H2,1-2H3. The Hall–Kier alpha value is -0.900. The molecule has 1 aromatic rings. The van der Waals surface area contributed by atoms with E-state index in [9.17, 15) is 5.11 Å². The molecule has 0 aliphatic heterocycles. The summed E-state index contributed by atoms with van der Waals surface area (Å²) in [6.45, 7) is 2.86. The van der Waals surface area contributed by atoms with Crippen molar-refractivity contribution in [1.82, 2.24) is 0 Å².